The molecule has 0 amide bonds. The smallest absolute Gasteiger partial charge is 0.150 e. The number of hydrogen-bond acceptors (Lipinski definition) is 2. The Kier molecular flexibility index (Phi) is 5.16. The van der Waals surface area contributed by atoms with Gasteiger partial charge in [0.2, 0.25) is 0 Å². The summed E-state index contributed by atoms with van der Waals surface area (Å²) in [5.74, 6) is -1.05. The number of nitrogens with zero attached hydrogens (tertiary/aromatic N) is 1. The summed E-state index contributed by atoms with van der Waals surface area (Å²) in [7, 11) is 0. The molecule has 5 heteroatoms. The second kappa shape index (κ2) is 6.66. The van der Waals surface area contributed by atoms with Crippen molar-refractivity contribution >= 4 is 21.6 Å². The van der Waals surface area contributed by atoms with Crippen molar-refractivity contribution in [3.8, 4) is 0 Å². The van der Waals surface area contributed by atoms with E-state index in [0.717, 1.165) is 45.0 Å². The Morgan fingerprint density at radius 1 is 1.42 bits per heavy atom. The van der Waals surface area contributed by atoms with Crippen LogP contribution in [0.3, 0.4) is 0 Å². The van der Waals surface area contributed by atoms with Crippen molar-refractivity contribution in [2.24, 2.45) is 0 Å². The summed E-state index contributed by atoms with van der Waals surface area (Å²) in [6.45, 7) is 4.64. The van der Waals surface area contributed by atoms with E-state index in [1.54, 1.807) is 0 Å². The van der Waals surface area contributed by atoms with Crippen LogP contribution in [0.4, 0.5) is 14.5 Å². The van der Waals surface area contributed by atoms with Gasteiger partial charge in [-0.1, -0.05) is 13.3 Å². The van der Waals surface area contributed by atoms with Crippen LogP contribution in [0.1, 0.15) is 26.2 Å². The molecule has 0 aliphatic carbocycles. The predicted molar refractivity (Wildman–Crippen MR) is 77.6 cm³/mol. The Morgan fingerprint density at radius 3 is 2.89 bits per heavy atom. The molecule has 106 valence electrons. The van der Waals surface area contributed by atoms with Gasteiger partial charge in [-0.05, 0) is 41.4 Å². The van der Waals surface area contributed by atoms with E-state index in [9.17, 15) is 8.78 Å². The van der Waals surface area contributed by atoms with E-state index in [1.807, 2.05) is 4.90 Å². The molecule has 1 aromatic carbocycles. The summed E-state index contributed by atoms with van der Waals surface area (Å²) in [5, 5.41) is 3.48. The Bertz CT molecular complexity index is 416. The standard InChI is InChI=1S/C14H19BrF2N2/c1-2-4-11-9-19(6-3-5-18-11)14-12(15)7-10(16)8-13(14)17/h7-8,11,18H,2-6,9H2,1H3. The number of rotatable bonds is 3. The van der Waals surface area contributed by atoms with Gasteiger partial charge in [0.15, 0.2) is 5.82 Å². The van der Waals surface area contributed by atoms with Gasteiger partial charge in [0.05, 0.1) is 5.69 Å². The van der Waals surface area contributed by atoms with E-state index in [4.69, 9.17) is 0 Å². The third-order valence-electron chi connectivity index (χ3n) is 3.41. The Balaban J connectivity index is 2.24. The predicted octanol–water partition coefficient (Wildman–Crippen LogP) is 3.70. The van der Waals surface area contributed by atoms with Crippen molar-refractivity contribution in [1.29, 1.82) is 0 Å². The van der Waals surface area contributed by atoms with Crippen molar-refractivity contribution in [2.75, 3.05) is 24.5 Å². The lowest BCUT2D eigenvalue weighted by atomic mass is 10.1. The lowest BCUT2D eigenvalue weighted by Gasteiger charge is -2.27. The highest BCUT2D eigenvalue weighted by molar-refractivity contribution is 9.10. The zero-order valence-corrected chi connectivity index (χ0v) is 12.6. The SMILES string of the molecule is CCCC1CN(c2c(F)cc(F)cc2Br)CCCN1. The van der Waals surface area contributed by atoms with E-state index >= 15 is 0 Å². The topological polar surface area (TPSA) is 15.3 Å². The molecule has 19 heavy (non-hydrogen) atoms. The van der Waals surface area contributed by atoms with Crippen LogP contribution in [0.15, 0.2) is 16.6 Å². The zero-order valence-electron chi connectivity index (χ0n) is 11.1. The fourth-order valence-corrected chi connectivity index (χ4v) is 3.24. The summed E-state index contributed by atoms with van der Waals surface area (Å²) in [6.07, 6.45) is 3.12. The fraction of sp³-hybridized carbons (Fsp3) is 0.571. The largest absolute Gasteiger partial charge is 0.367 e. The summed E-state index contributed by atoms with van der Waals surface area (Å²) in [6, 6.07) is 2.64. The first-order valence-electron chi connectivity index (χ1n) is 6.74. The molecule has 1 saturated heterocycles. The van der Waals surface area contributed by atoms with Crippen molar-refractivity contribution in [2.45, 2.75) is 32.2 Å². The fourth-order valence-electron chi connectivity index (χ4n) is 2.58. The number of halogens is 3. The van der Waals surface area contributed by atoms with Gasteiger partial charge in [0.1, 0.15) is 5.82 Å². The molecule has 1 aliphatic heterocycles. The minimum Gasteiger partial charge on any atom is -0.367 e. The third-order valence-corrected chi connectivity index (χ3v) is 4.02. The second-order valence-electron chi connectivity index (χ2n) is 4.96. The Hall–Kier alpha value is -0.680. The summed E-state index contributed by atoms with van der Waals surface area (Å²) >= 11 is 3.28. The summed E-state index contributed by atoms with van der Waals surface area (Å²) in [5.41, 5.74) is 0.478. The molecule has 1 N–H and O–H groups in total. The molecule has 0 saturated carbocycles. The van der Waals surface area contributed by atoms with Crippen molar-refractivity contribution < 1.29 is 8.78 Å². The molecule has 1 atom stereocenters. The van der Waals surface area contributed by atoms with E-state index < -0.39 is 11.6 Å². The number of benzene rings is 1. The van der Waals surface area contributed by atoms with Gasteiger partial charge >= 0.3 is 0 Å². The number of anilines is 1. The second-order valence-corrected chi connectivity index (χ2v) is 5.81. The monoisotopic (exact) mass is 332 g/mol. The maximum Gasteiger partial charge on any atom is 0.150 e. The minimum atomic E-state index is -0.550. The highest BCUT2D eigenvalue weighted by Gasteiger charge is 2.22. The van der Waals surface area contributed by atoms with Gasteiger partial charge in [0.25, 0.3) is 0 Å². The highest BCUT2D eigenvalue weighted by Crippen LogP contribution is 2.31. The first-order chi connectivity index (χ1) is 9.11. The normalized spacial score (nSPS) is 20.4. The number of hydrogen-bond donors (Lipinski definition) is 1. The summed E-state index contributed by atoms with van der Waals surface area (Å²) in [4.78, 5) is 2.01. The van der Waals surface area contributed by atoms with Gasteiger partial charge in [-0.3, -0.25) is 0 Å². The maximum absolute atomic E-state index is 14.0. The molecule has 0 radical (unpaired) electrons. The lowest BCUT2D eigenvalue weighted by Crippen LogP contribution is -2.38. The van der Waals surface area contributed by atoms with E-state index in [2.05, 4.69) is 28.2 Å². The van der Waals surface area contributed by atoms with Gasteiger partial charge in [-0.2, -0.15) is 0 Å². The average Bonchev–Trinajstić information content (AvgIpc) is 2.54. The first kappa shape index (κ1) is 14.7. The van der Waals surface area contributed by atoms with Crippen LogP contribution in [-0.4, -0.2) is 25.7 Å². The average molecular weight is 333 g/mol. The van der Waals surface area contributed by atoms with Crippen LogP contribution in [0.25, 0.3) is 0 Å². The molecule has 0 spiro atoms. The van der Waals surface area contributed by atoms with Crippen LogP contribution >= 0.6 is 15.9 Å². The quantitative estimate of drug-likeness (QED) is 0.907. The molecule has 1 heterocycles. The molecule has 0 aromatic heterocycles. The maximum atomic E-state index is 14.0. The van der Waals surface area contributed by atoms with Crippen LogP contribution in [0, 0.1) is 11.6 Å². The molecule has 0 bridgehead atoms. The van der Waals surface area contributed by atoms with Gasteiger partial charge < -0.3 is 10.2 Å². The van der Waals surface area contributed by atoms with Crippen molar-refractivity contribution in [1.82, 2.24) is 5.32 Å². The molecule has 1 unspecified atom stereocenters. The van der Waals surface area contributed by atoms with E-state index in [0.29, 0.717) is 16.2 Å². The Labute approximate surface area is 121 Å². The number of nitrogens with one attached hydrogen (secondary N) is 1. The molecule has 1 fully saturated rings. The van der Waals surface area contributed by atoms with Gasteiger partial charge in [0, 0.05) is 29.7 Å². The Morgan fingerprint density at radius 2 is 2.21 bits per heavy atom. The van der Waals surface area contributed by atoms with E-state index in [-0.39, 0.29) is 0 Å². The van der Waals surface area contributed by atoms with Crippen molar-refractivity contribution in [3.63, 3.8) is 0 Å². The molecular weight excluding hydrogens is 314 g/mol. The third kappa shape index (κ3) is 3.66. The lowest BCUT2D eigenvalue weighted by molar-refractivity contribution is 0.500. The van der Waals surface area contributed by atoms with Crippen LogP contribution in [0.5, 0.6) is 0 Å². The zero-order chi connectivity index (χ0) is 13.8. The molecular formula is C14H19BrF2N2. The van der Waals surface area contributed by atoms with Gasteiger partial charge in [-0.15, -0.1) is 0 Å². The van der Waals surface area contributed by atoms with Crippen LogP contribution in [-0.2, 0) is 0 Å². The van der Waals surface area contributed by atoms with Crippen LogP contribution < -0.4 is 10.2 Å². The van der Waals surface area contributed by atoms with Crippen LogP contribution in [0.2, 0.25) is 0 Å². The minimum absolute atomic E-state index is 0.365. The molecule has 2 rings (SSSR count). The van der Waals surface area contributed by atoms with Crippen molar-refractivity contribution in [3.05, 3.63) is 28.2 Å². The molecule has 1 aliphatic rings. The highest BCUT2D eigenvalue weighted by atomic mass is 79.9. The molecule has 2 nitrogen and oxygen atoms in total. The summed E-state index contributed by atoms with van der Waals surface area (Å²) < 4.78 is 27.6. The van der Waals surface area contributed by atoms with Gasteiger partial charge in [-0.25, -0.2) is 8.78 Å². The molecule has 1 aromatic rings. The van der Waals surface area contributed by atoms with E-state index in [1.165, 1.54) is 6.07 Å². The first-order valence-corrected chi connectivity index (χ1v) is 7.54.